The molecule has 0 bridgehead atoms. The van der Waals surface area contributed by atoms with E-state index in [1.54, 1.807) is 0 Å². The molecule has 6 nitrogen and oxygen atoms in total. The van der Waals surface area contributed by atoms with Gasteiger partial charge in [0.05, 0.1) is 25.2 Å². The number of aliphatic hydroxyl groups excluding tert-OH is 1. The van der Waals surface area contributed by atoms with Gasteiger partial charge in [-0.1, -0.05) is 30.3 Å². The number of aromatic nitrogens is 3. The minimum atomic E-state index is -3.07. The van der Waals surface area contributed by atoms with Gasteiger partial charge in [0.2, 0.25) is 5.82 Å². The van der Waals surface area contributed by atoms with Gasteiger partial charge in [-0.25, -0.2) is 22.8 Å². The number of carbonyl (C=O) groups is 1. The monoisotopic (exact) mass is 366 g/mol. The van der Waals surface area contributed by atoms with E-state index in [2.05, 4.69) is 10.1 Å². The summed E-state index contributed by atoms with van der Waals surface area (Å²) in [6, 6.07) is 7.75. The first kappa shape index (κ1) is 17.0. The van der Waals surface area contributed by atoms with Crippen LogP contribution in [0.3, 0.4) is 0 Å². The van der Waals surface area contributed by atoms with E-state index >= 15 is 0 Å². The third-order valence-corrected chi connectivity index (χ3v) is 4.89. The fourth-order valence-corrected chi connectivity index (χ4v) is 3.65. The van der Waals surface area contributed by atoms with Crippen molar-refractivity contribution in [2.45, 2.75) is 37.0 Å². The van der Waals surface area contributed by atoms with Gasteiger partial charge in [-0.3, -0.25) is 4.79 Å². The van der Waals surface area contributed by atoms with Crippen LogP contribution in [-0.4, -0.2) is 55.8 Å². The van der Waals surface area contributed by atoms with Gasteiger partial charge in [0.15, 0.2) is 12.0 Å². The molecule has 0 spiro atoms. The summed E-state index contributed by atoms with van der Waals surface area (Å²) in [5.74, 6) is -4.18. The van der Waals surface area contributed by atoms with Gasteiger partial charge < -0.3 is 10.0 Å². The highest BCUT2D eigenvalue weighted by atomic mass is 19.3. The minimum Gasteiger partial charge on any atom is -0.394 e. The van der Waals surface area contributed by atoms with Crippen LogP contribution < -0.4 is 0 Å². The number of fused-ring (bicyclic) bond motifs is 1. The fourth-order valence-electron chi connectivity index (χ4n) is 3.65. The maximum Gasteiger partial charge on any atom is 0.294 e. The van der Waals surface area contributed by atoms with Crippen molar-refractivity contribution in [3.63, 3.8) is 0 Å². The van der Waals surface area contributed by atoms with Crippen molar-refractivity contribution in [2.75, 3.05) is 13.2 Å². The molecule has 26 heavy (non-hydrogen) atoms. The molecule has 1 aromatic carbocycles. The first-order chi connectivity index (χ1) is 12.4. The van der Waals surface area contributed by atoms with E-state index in [-0.39, 0.29) is 18.1 Å². The molecule has 9 heteroatoms. The Morgan fingerprint density at radius 2 is 2.04 bits per heavy atom. The van der Waals surface area contributed by atoms with Crippen LogP contribution in [0.25, 0.3) is 0 Å². The highest BCUT2D eigenvalue weighted by Gasteiger charge is 2.48. The largest absolute Gasteiger partial charge is 0.394 e. The van der Waals surface area contributed by atoms with E-state index in [1.807, 2.05) is 30.3 Å². The number of halogens is 3. The summed E-state index contributed by atoms with van der Waals surface area (Å²) in [5, 5.41) is 13.4. The average Bonchev–Trinajstić information content (AvgIpc) is 3.28. The minimum absolute atomic E-state index is 0.0220. The van der Waals surface area contributed by atoms with Crippen LogP contribution in [0.4, 0.5) is 13.2 Å². The summed E-state index contributed by atoms with van der Waals surface area (Å²) in [7, 11) is 0. The Hall–Kier alpha value is -2.42. The number of likely N-dealkylation sites (tertiary alicyclic amines) is 1. The molecule has 0 saturated carbocycles. The number of alkyl halides is 3. The maximum atomic E-state index is 14.4. The van der Waals surface area contributed by atoms with Crippen molar-refractivity contribution in [1.29, 1.82) is 0 Å². The van der Waals surface area contributed by atoms with E-state index in [0.717, 1.165) is 10.5 Å². The van der Waals surface area contributed by atoms with Crippen molar-refractivity contribution < 1.29 is 23.1 Å². The zero-order valence-electron chi connectivity index (χ0n) is 13.7. The first-order valence-corrected chi connectivity index (χ1v) is 8.35. The second kappa shape index (κ2) is 6.08. The Kier molecular flexibility index (Phi) is 3.98. The van der Waals surface area contributed by atoms with E-state index in [0.29, 0.717) is 0 Å². The van der Waals surface area contributed by atoms with Crippen LogP contribution >= 0.6 is 0 Å². The highest BCUT2D eigenvalue weighted by molar-refractivity contribution is 5.91. The number of hydrogen-bond donors (Lipinski definition) is 1. The van der Waals surface area contributed by atoms with E-state index in [9.17, 15) is 23.1 Å². The van der Waals surface area contributed by atoms with Gasteiger partial charge in [0, 0.05) is 12.8 Å². The summed E-state index contributed by atoms with van der Waals surface area (Å²) in [5.41, 5.74) is 0.832. The molecule has 2 aliphatic heterocycles. The highest BCUT2D eigenvalue weighted by Crippen LogP contribution is 2.39. The predicted octanol–water partition coefficient (Wildman–Crippen LogP) is 2.12. The molecule has 1 saturated heterocycles. The van der Waals surface area contributed by atoms with Crippen molar-refractivity contribution in [3.8, 4) is 0 Å². The SMILES string of the molecule is O=C(c1nc2n(n1)C(c1ccccc1)CC2F)N1CC(F)(F)CC1CO. The second-order valence-corrected chi connectivity index (χ2v) is 6.70. The molecular weight excluding hydrogens is 349 g/mol. The summed E-state index contributed by atoms with van der Waals surface area (Å²) in [6.07, 6.45) is -1.83. The smallest absolute Gasteiger partial charge is 0.294 e. The third kappa shape index (κ3) is 2.76. The molecule has 138 valence electrons. The van der Waals surface area contributed by atoms with E-state index in [1.165, 1.54) is 4.68 Å². The second-order valence-electron chi connectivity index (χ2n) is 6.70. The third-order valence-electron chi connectivity index (χ3n) is 4.89. The number of nitrogens with zero attached hydrogens (tertiary/aromatic N) is 4. The van der Waals surface area contributed by atoms with Gasteiger partial charge in [-0.15, -0.1) is 5.10 Å². The molecule has 1 aromatic heterocycles. The first-order valence-electron chi connectivity index (χ1n) is 8.35. The molecule has 1 N–H and O–H groups in total. The van der Waals surface area contributed by atoms with Crippen molar-refractivity contribution in [3.05, 3.63) is 47.5 Å². The fraction of sp³-hybridized carbons (Fsp3) is 0.471. The van der Waals surface area contributed by atoms with Gasteiger partial charge >= 0.3 is 0 Å². The number of benzene rings is 1. The quantitative estimate of drug-likeness (QED) is 0.903. The van der Waals surface area contributed by atoms with E-state index in [4.69, 9.17) is 0 Å². The molecular formula is C17H17F3N4O2. The van der Waals surface area contributed by atoms with Gasteiger partial charge in [0.1, 0.15) is 0 Å². The molecule has 3 atom stereocenters. The molecule has 1 fully saturated rings. The molecule has 3 heterocycles. The number of carbonyl (C=O) groups excluding carboxylic acids is 1. The Balaban J connectivity index is 1.64. The Morgan fingerprint density at radius 1 is 1.31 bits per heavy atom. The number of hydrogen-bond acceptors (Lipinski definition) is 4. The summed E-state index contributed by atoms with van der Waals surface area (Å²) in [4.78, 5) is 17.4. The normalized spacial score (nSPS) is 26.9. The Morgan fingerprint density at radius 3 is 2.73 bits per heavy atom. The van der Waals surface area contributed by atoms with Crippen LogP contribution in [-0.2, 0) is 0 Å². The Labute approximate surface area is 147 Å². The molecule has 2 aliphatic rings. The van der Waals surface area contributed by atoms with Gasteiger partial charge in [-0.05, 0) is 5.56 Å². The Bertz CT molecular complexity index is 827. The molecule has 3 unspecified atom stereocenters. The number of rotatable bonds is 3. The van der Waals surface area contributed by atoms with Crippen LogP contribution in [0.5, 0.6) is 0 Å². The van der Waals surface area contributed by atoms with Crippen LogP contribution in [0.1, 0.15) is 47.1 Å². The van der Waals surface area contributed by atoms with Crippen LogP contribution in [0.15, 0.2) is 30.3 Å². The standard InChI is InChI=1S/C17H17F3N4O2/c18-12-6-13(10-4-2-1-3-5-10)24-15(12)21-14(22-24)16(26)23-9-17(19,20)7-11(23)8-25/h1-5,11-13,25H,6-9H2. The predicted molar refractivity (Wildman–Crippen MR) is 84.5 cm³/mol. The summed E-state index contributed by atoms with van der Waals surface area (Å²) < 4.78 is 42.9. The van der Waals surface area contributed by atoms with E-state index < -0.39 is 49.7 Å². The summed E-state index contributed by atoms with van der Waals surface area (Å²) >= 11 is 0. The van der Waals surface area contributed by atoms with Crippen molar-refractivity contribution in [1.82, 2.24) is 19.7 Å². The lowest BCUT2D eigenvalue weighted by atomic mass is 10.0. The molecule has 4 rings (SSSR count). The molecule has 2 aromatic rings. The zero-order valence-corrected chi connectivity index (χ0v) is 13.7. The van der Waals surface area contributed by atoms with Crippen molar-refractivity contribution >= 4 is 5.91 Å². The van der Waals surface area contributed by atoms with Crippen molar-refractivity contribution in [2.24, 2.45) is 0 Å². The zero-order chi connectivity index (χ0) is 18.5. The summed E-state index contributed by atoms with van der Waals surface area (Å²) in [6.45, 7) is -1.38. The number of amides is 1. The lowest BCUT2D eigenvalue weighted by molar-refractivity contribution is 0.0114. The molecule has 1 amide bonds. The molecule has 0 aliphatic carbocycles. The lowest BCUT2D eigenvalue weighted by Gasteiger charge is -2.20. The topological polar surface area (TPSA) is 71.2 Å². The van der Waals surface area contributed by atoms with Crippen LogP contribution in [0.2, 0.25) is 0 Å². The van der Waals surface area contributed by atoms with Crippen LogP contribution in [0, 0.1) is 0 Å². The number of aliphatic hydroxyl groups is 1. The maximum absolute atomic E-state index is 14.4. The molecule has 0 radical (unpaired) electrons. The van der Waals surface area contributed by atoms with Gasteiger partial charge in [-0.2, -0.15) is 0 Å². The average molecular weight is 366 g/mol. The lowest BCUT2D eigenvalue weighted by Crippen LogP contribution is -2.39. The van der Waals surface area contributed by atoms with Gasteiger partial charge in [0.25, 0.3) is 11.8 Å².